The SMILES string of the molecule is O=C1CCC(N2Cc3cc(OC[C@H]4CCCCN4C(=O)C=C4CCCCC4)ccc3C2=O)C(=O)N1. The van der Waals surface area contributed by atoms with Gasteiger partial charge in [0.2, 0.25) is 17.7 Å². The molecular weight excluding hydrogens is 446 g/mol. The highest BCUT2D eigenvalue weighted by molar-refractivity contribution is 6.05. The fraction of sp³-hybridized carbons (Fsp3) is 0.556. The van der Waals surface area contributed by atoms with Gasteiger partial charge < -0.3 is 14.5 Å². The fourth-order valence-electron chi connectivity index (χ4n) is 5.70. The summed E-state index contributed by atoms with van der Waals surface area (Å²) in [6.07, 6.45) is 11.1. The molecule has 1 saturated carbocycles. The van der Waals surface area contributed by atoms with E-state index in [-0.39, 0.29) is 30.2 Å². The van der Waals surface area contributed by atoms with E-state index < -0.39 is 11.9 Å². The fourth-order valence-corrected chi connectivity index (χ4v) is 5.70. The molecule has 3 heterocycles. The van der Waals surface area contributed by atoms with Crippen LogP contribution < -0.4 is 10.1 Å². The minimum Gasteiger partial charge on any atom is -0.491 e. The van der Waals surface area contributed by atoms with Crippen molar-refractivity contribution in [3.8, 4) is 5.75 Å². The Morgan fingerprint density at radius 1 is 1.03 bits per heavy atom. The molecule has 2 atom stereocenters. The quantitative estimate of drug-likeness (QED) is 0.517. The average molecular weight is 480 g/mol. The first kappa shape index (κ1) is 23.6. The Balaban J connectivity index is 1.22. The Morgan fingerprint density at radius 2 is 1.86 bits per heavy atom. The number of carbonyl (C=O) groups excluding carboxylic acids is 4. The second kappa shape index (κ2) is 10.2. The molecule has 1 unspecified atom stereocenters. The van der Waals surface area contributed by atoms with E-state index in [4.69, 9.17) is 4.74 Å². The molecule has 1 aromatic carbocycles. The molecule has 2 saturated heterocycles. The summed E-state index contributed by atoms with van der Waals surface area (Å²) in [6.45, 7) is 1.49. The number of imide groups is 1. The largest absolute Gasteiger partial charge is 0.491 e. The molecule has 0 aromatic heterocycles. The Labute approximate surface area is 205 Å². The summed E-state index contributed by atoms with van der Waals surface area (Å²) < 4.78 is 6.12. The lowest BCUT2D eigenvalue weighted by atomic mass is 9.94. The van der Waals surface area contributed by atoms with Crippen molar-refractivity contribution in [3.63, 3.8) is 0 Å². The van der Waals surface area contributed by atoms with Crippen LogP contribution in [0.25, 0.3) is 0 Å². The first-order valence-corrected chi connectivity index (χ1v) is 12.9. The van der Waals surface area contributed by atoms with Crippen LogP contribution in [-0.4, -0.2) is 58.7 Å². The van der Waals surface area contributed by atoms with Crippen LogP contribution in [0.5, 0.6) is 5.75 Å². The smallest absolute Gasteiger partial charge is 0.255 e. The molecule has 0 radical (unpaired) electrons. The molecule has 0 bridgehead atoms. The lowest BCUT2D eigenvalue weighted by Gasteiger charge is -2.35. The molecule has 5 rings (SSSR count). The van der Waals surface area contributed by atoms with Crippen molar-refractivity contribution in [2.45, 2.75) is 82.8 Å². The van der Waals surface area contributed by atoms with Crippen molar-refractivity contribution in [1.82, 2.24) is 15.1 Å². The minimum atomic E-state index is -0.628. The lowest BCUT2D eigenvalue weighted by Crippen LogP contribution is -2.52. The van der Waals surface area contributed by atoms with E-state index in [1.165, 1.54) is 29.7 Å². The third-order valence-corrected chi connectivity index (χ3v) is 7.67. The zero-order chi connectivity index (χ0) is 24.4. The number of fused-ring (bicyclic) bond motifs is 1. The standard InChI is InChI=1S/C27H33N3O5/c31-24-12-11-23(26(33)28-24)30-16-19-15-21(9-10-22(19)27(30)34)35-17-20-8-4-5-13-29(20)25(32)14-18-6-2-1-3-7-18/h9-10,14-15,20,23H,1-8,11-13,16-17H2,(H,28,31,33)/t20-,23?/m1/s1. The number of likely N-dealkylation sites (tertiary alicyclic amines) is 1. The Hall–Kier alpha value is -3.16. The van der Waals surface area contributed by atoms with Gasteiger partial charge in [-0.15, -0.1) is 0 Å². The second-order valence-electron chi connectivity index (χ2n) is 10.1. The van der Waals surface area contributed by atoms with Gasteiger partial charge in [-0.25, -0.2) is 0 Å². The second-order valence-corrected chi connectivity index (χ2v) is 10.1. The summed E-state index contributed by atoms with van der Waals surface area (Å²) >= 11 is 0. The predicted molar refractivity (Wildman–Crippen MR) is 129 cm³/mol. The summed E-state index contributed by atoms with van der Waals surface area (Å²) in [5.41, 5.74) is 2.65. The Kier molecular flexibility index (Phi) is 6.88. The number of nitrogens with one attached hydrogen (secondary N) is 1. The van der Waals surface area contributed by atoms with Crippen LogP contribution in [-0.2, 0) is 20.9 Å². The van der Waals surface area contributed by atoms with E-state index in [2.05, 4.69) is 5.32 Å². The summed E-state index contributed by atoms with van der Waals surface area (Å²) in [5, 5.41) is 2.33. The van der Waals surface area contributed by atoms with Gasteiger partial charge >= 0.3 is 0 Å². The van der Waals surface area contributed by atoms with Crippen molar-refractivity contribution in [2.75, 3.05) is 13.2 Å². The van der Waals surface area contributed by atoms with Crippen molar-refractivity contribution < 1.29 is 23.9 Å². The third-order valence-electron chi connectivity index (χ3n) is 7.67. The highest BCUT2D eigenvalue weighted by Crippen LogP contribution is 2.31. The summed E-state index contributed by atoms with van der Waals surface area (Å²) in [4.78, 5) is 53.1. The molecule has 1 aromatic rings. The number of benzene rings is 1. The monoisotopic (exact) mass is 479 g/mol. The van der Waals surface area contributed by atoms with Gasteiger partial charge in [0.15, 0.2) is 0 Å². The minimum absolute atomic E-state index is 0.0338. The molecule has 1 N–H and O–H groups in total. The Morgan fingerprint density at radius 3 is 2.66 bits per heavy atom. The number of carbonyl (C=O) groups is 4. The summed E-state index contributed by atoms with van der Waals surface area (Å²) in [6, 6.07) is 4.79. The topological polar surface area (TPSA) is 96.0 Å². The van der Waals surface area contributed by atoms with Gasteiger partial charge in [-0.3, -0.25) is 24.5 Å². The van der Waals surface area contributed by atoms with Gasteiger partial charge in [0, 0.05) is 31.1 Å². The first-order chi connectivity index (χ1) is 17.0. The van der Waals surface area contributed by atoms with E-state index in [1.54, 1.807) is 12.1 Å². The molecule has 8 nitrogen and oxygen atoms in total. The number of rotatable bonds is 5. The van der Waals surface area contributed by atoms with Gasteiger partial charge in [-0.1, -0.05) is 12.0 Å². The molecule has 3 aliphatic heterocycles. The first-order valence-electron chi connectivity index (χ1n) is 12.9. The molecule has 1 aliphatic carbocycles. The lowest BCUT2D eigenvalue weighted by molar-refractivity contribution is -0.137. The number of hydrogen-bond acceptors (Lipinski definition) is 5. The van der Waals surface area contributed by atoms with E-state index >= 15 is 0 Å². The zero-order valence-corrected chi connectivity index (χ0v) is 20.1. The molecule has 4 aliphatic rings. The Bertz CT molecular complexity index is 1060. The van der Waals surface area contributed by atoms with Crippen LogP contribution in [0.1, 0.15) is 80.1 Å². The van der Waals surface area contributed by atoms with E-state index in [0.717, 1.165) is 44.2 Å². The number of amides is 4. The van der Waals surface area contributed by atoms with Gasteiger partial charge in [-0.05, 0) is 75.1 Å². The van der Waals surface area contributed by atoms with Crippen LogP contribution in [0.4, 0.5) is 0 Å². The van der Waals surface area contributed by atoms with Crippen molar-refractivity contribution >= 4 is 23.6 Å². The van der Waals surface area contributed by atoms with Crippen LogP contribution in [0, 0.1) is 0 Å². The normalized spacial score (nSPS) is 24.8. The molecule has 8 heteroatoms. The van der Waals surface area contributed by atoms with Crippen LogP contribution >= 0.6 is 0 Å². The zero-order valence-electron chi connectivity index (χ0n) is 20.1. The number of hydrogen-bond donors (Lipinski definition) is 1. The van der Waals surface area contributed by atoms with Gasteiger partial charge in [0.05, 0.1) is 6.04 Å². The highest BCUT2D eigenvalue weighted by Gasteiger charge is 2.39. The van der Waals surface area contributed by atoms with Gasteiger partial charge in [0.25, 0.3) is 5.91 Å². The highest BCUT2D eigenvalue weighted by atomic mass is 16.5. The van der Waals surface area contributed by atoms with Crippen LogP contribution in [0.3, 0.4) is 0 Å². The van der Waals surface area contributed by atoms with Gasteiger partial charge in [0.1, 0.15) is 18.4 Å². The maximum absolute atomic E-state index is 13.0. The van der Waals surface area contributed by atoms with Gasteiger partial charge in [-0.2, -0.15) is 0 Å². The molecule has 35 heavy (non-hydrogen) atoms. The molecule has 186 valence electrons. The number of nitrogens with zero attached hydrogens (tertiary/aromatic N) is 2. The van der Waals surface area contributed by atoms with E-state index in [0.29, 0.717) is 30.9 Å². The third kappa shape index (κ3) is 5.11. The maximum Gasteiger partial charge on any atom is 0.255 e. The number of allylic oxidation sites excluding steroid dienone is 1. The summed E-state index contributed by atoms with van der Waals surface area (Å²) in [7, 11) is 0. The van der Waals surface area contributed by atoms with Crippen LogP contribution in [0.2, 0.25) is 0 Å². The van der Waals surface area contributed by atoms with E-state index in [9.17, 15) is 19.2 Å². The average Bonchev–Trinajstić information content (AvgIpc) is 3.19. The summed E-state index contributed by atoms with van der Waals surface area (Å²) in [5.74, 6) is -0.138. The van der Waals surface area contributed by atoms with E-state index in [1.807, 2.05) is 17.0 Å². The van der Waals surface area contributed by atoms with Crippen LogP contribution in [0.15, 0.2) is 29.8 Å². The molecule has 4 amide bonds. The predicted octanol–water partition coefficient (Wildman–Crippen LogP) is 3.10. The number of ether oxygens (including phenoxy) is 1. The number of piperidine rings is 2. The maximum atomic E-state index is 13.0. The van der Waals surface area contributed by atoms with Crippen molar-refractivity contribution in [3.05, 3.63) is 41.0 Å². The van der Waals surface area contributed by atoms with Crippen molar-refractivity contribution in [2.24, 2.45) is 0 Å². The molecule has 3 fully saturated rings. The molecular formula is C27H33N3O5. The van der Waals surface area contributed by atoms with Crippen molar-refractivity contribution in [1.29, 1.82) is 0 Å². The molecule has 0 spiro atoms.